The number of hydrogen-bond acceptors (Lipinski definition) is 5. The van der Waals surface area contributed by atoms with E-state index in [1.807, 2.05) is 17.5 Å². The molecule has 2 rings (SSSR count). The molecular weight excluding hydrogens is 214 g/mol. The van der Waals surface area contributed by atoms with Gasteiger partial charge in [0, 0.05) is 13.2 Å². The van der Waals surface area contributed by atoms with Crippen LogP contribution < -0.4 is 0 Å². The average Bonchev–Trinajstić information content (AvgIpc) is 2.89. The van der Waals surface area contributed by atoms with Crippen molar-refractivity contribution in [1.29, 1.82) is 0 Å². The van der Waals surface area contributed by atoms with Gasteiger partial charge in [0.15, 0.2) is 11.5 Å². The summed E-state index contributed by atoms with van der Waals surface area (Å²) in [5.41, 5.74) is 0.306. The van der Waals surface area contributed by atoms with Gasteiger partial charge < -0.3 is 9.26 Å². The van der Waals surface area contributed by atoms with Gasteiger partial charge in [-0.1, -0.05) is 11.2 Å². The Bertz CT molecular complexity index is 447. The molecule has 0 unspecified atom stereocenters. The molecule has 0 spiro atoms. The number of carbonyl (C=O) groups excluding carboxylic acids is 1. The number of methoxy groups -OCH3 is 1. The number of nitrogens with zero attached hydrogens (tertiary/aromatic N) is 1. The second-order valence-electron chi connectivity index (χ2n) is 2.91. The highest BCUT2D eigenvalue weighted by atomic mass is 32.1. The van der Waals surface area contributed by atoms with Gasteiger partial charge in [0.2, 0.25) is 5.78 Å². The summed E-state index contributed by atoms with van der Waals surface area (Å²) in [5.74, 6) is 0.438. The Kier molecular flexibility index (Phi) is 2.94. The molecule has 2 aromatic heterocycles. The second-order valence-corrected chi connectivity index (χ2v) is 3.86. The van der Waals surface area contributed by atoms with Crippen LogP contribution in [0.3, 0.4) is 0 Å². The lowest BCUT2D eigenvalue weighted by atomic mass is 10.2. The third-order valence-electron chi connectivity index (χ3n) is 1.84. The van der Waals surface area contributed by atoms with E-state index in [1.54, 1.807) is 6.07 Å². The van der Waals surface area contributed by atoms with Crippen molar-refractivity contribution in [2.24, 2.45) is 0 Å². The van der Waals surface area contributed by atoms with Gasteiger partial charge in [-0.05, 0) is 11.4 Å². The van der Waals surface area contributed by atoms with Crippen LogP contribution in [0.2, 0.25) is 0 Å². The van der Waals surface area contributed by atoms with Crippen molar-refractivity contribution in [3.63, 3.8) is 0 Å². The summed E-state index contributed by atoms with van der Waals surface area (Å²) in [4.78, 5) is 12.3. The summed E-state index contributed by atoms with van der Waals surface area (Å²) in [7, 11) is 1.47. The fourth-order valence-corrected chi connectivity index (χ4v) is 1.82. The predicted octanol–water partition coefficient (Wildman–Crippen LogP) is 2.23. The van der Waals surface area contributed by atoms with Gasteiger partial charge in [0.05, 0.1) is 4.88 Å². The van der Waals surface area contributed by atoms with E-state index in [1.165, 1.54) is 18.4 Å². The van der Waals surface area contributed by atoms with E-state index >= 15 is 0 Å². The zero-order valence-electron chi connectivity index (χ0n) is 8.10. The first-order chi connectivity index (χ1) is 7.31. The van der Waals surface area contributed by atoms with Crippen LogP contribution in [0, 0.1) is 0 Å². The minimum Gasteiger partial charge on any atom is -0.376 e. The molecule has 2 aromatic rings. The van der Waals surface area contributed by atoms with Crippen molar-refractivity contribution in [2.45, 2.75) is 0 Å². The predicted molar refractivity (Wildman–Crippen MR) is 56.0 cm³/mol. The summed E-state index contributed by atoms with van der Waals surface area (Å²) in [6.45, 7) is 0.0242. The third-order valence-corrected chi connectivity index (χ3v) is 2.72. The molecular formula is C10H9NO3S. The lowest BCUT2D eigenvalue weighted by Gasteiger charge is -1.90. The Hall–Kier alpha value is -1.46. The van der Waals surface area contributed by atoms with Crippen LogP contribution in [-0.4, -0.2) is 24.7 Å². The molecule has 0 aliphatic rings. The number of thiophene rings is 1. The van der Waals surface area contributed by atoms with Crippen LogP contribution in [-0.2, 0) is 4.74 Å². The van der Waals surface area contributed by atoms with Crippen molar-refractivity contribution in [3.8, 4) is 10.6 Å². The Balaban J connectivity index is 2.21. The van der Waals surface area contributed by atoms with Crippen LogP contribution in [0.1, 0.15) is 10.5 Å². The Labute approximate surface area is 90.5 Å². The van der Waals surface area contributed by atoms with Crippen LogP contribution in [0.25, 0.3) is 10.6 Å². The normalized spacial score (nSPS) is 10.5. The standard InChI is InChI=1S/C10H9NO3S/c1-13-6-8(12)7-5-9(14-11-7)10-3-2-4-15-10/h2-5H,6H2,1H3. The maximum atomic E-state index is 11.4. The van der Waals surface area contributed by atoms with Gasteiger partial charge in [0.25, 0.3) is 0 Å². The van der Waals surface area contributed by atoms with E-state index < -0.39 is 0 Å². The van der Waals surface area contributed by atoms with Crippen LogP contribution in [0.4, 0.5) is 0 Å². The van der Waals surface area contributed by atoms with Crippen molar-refractivity contribution >= 4 is 17.1 Å². The highest BCUT2D eigenvalue weighted by molar-refractivity contribution is 7.13. The van der Waals surface area contributed by atoms with E-state index in [0.29, 0.717) is 11.5 Å². The van der Waals surface area contributed by atoms with Crippen LogP contribution >= 0.6 is 11.3 Å². The first kappa shape index (κ1) is 10.1. The number of aromatic nitrogens is 1. The molecule has 5 heteroatoms. The topological polar surface area (TPSA) is 52.3 Å². The van der Waals surface area contributed by atoms with Crippen LogP contribution in [0.5, 0.6) is 0 Å². The highest BCUT2D eigenvalue weighted by Gasteiger charge is 2.13. The maximum Gasteiger partial charge on any atom is 0.210 e. The smallest absolute Gasteiger partial charge is 0.210 e. The van der Waals surface area contributed by atoms with Crippen molar-refractivity contribution in [2.75, 3.05) is 13.7 Å². The molecule has 4 nitrogen and oxygen atoms in total. The van der Waals surface area contributed by atoms with Crippen molar-refractivity contribution in [1.82, 2.24) is 5.16 Å². The summed E-state index contributed by atoms with van der Waals surface area (Å²) in [6, 6.07) is 5.46. The maximum absolute atomic E-state index is 11.4. The Morgan fingerprint density at radius 2 is 2.53 bits per heavy atom. The molecule has 0 radical (unpaired) electrons. The lowest BCUT2D eigenvalue weighted by Crippen LogP contribution is -2.06. The van der Waals surface area contributed by atoms with Crippen molar-refractivity contribution in [3.05, 3.63) is 29.3 Å². The number of ketones is 1. The van der Waals surface area contributed by atoms with E-state index in [0.717, 1.165) is 4.88 Å². The van der Waals surface area contributed by atoms with E-state index in [-0.39, 0.29) is 12.4 Å². The second kappa shape index (κ2) is 4.37. The number of hydrogen-bond donors (Lipinski definition) is 0. The number of Topliss-reactive ketones (excluding diaryl/α,β-unsaturated/α-hetero) is 1. The summed E-state index contributed by atoms with van der Waals surface area (Å²) in [6.07, 6.45) is 0. The zero-order chi connectivity index (χ0) is 10.7. The molecule has 0 aliphatic heterocycles. The summed E-state index contributed by atoms with van der Waals surface area (Å²) in [5, 5.41) is 5.63. The first-order valence-corrected chi connectivity index (χ1v) is 5.22. The van der Waals surface area contributed by atoms with Crippen LogP contribution in [0.15, 0.2) is 28.1 Å². The first-order valence-electron chi connectivity index (χ1n) is 4.34. The molecule has 0 aliphatic carbocycles. The van der Waals surface area contributed by atoms with Gasteiger partial charge in [-0.3, -0.25) is 4.79 Å². The minimum absolute atomic E-state index is 0.0242. The minimum atomic E-state index is -0.177. The molecule has 2 heterocycles. The molecule has 0 bridgehead atoms. The van der Waals surface area contributed by atoms with E-state index in [2.05, 4.69) is 5.16 Å². The number of carbonyl (C=O) groups is 1. The van der Waals surface area contributed by atoms with E-state index in [9.17, 15) is 4.79 Å². The van der Waals surface area contributed by atoms with Gasteiger partial charge >= 0.3 is 0 Å². The number of rotatable bonds is 4. The number of ether oxygens (including phenoxy) is 1. The van der Waals surface area contributed by atoms with Gasteiger partial charge in [-0.15, -0.1) is 11.3 Å². The van der Waals surface area contributed by atoms with Gasteiger partial charge in [-0.25, -0.2) is 0 Å². The molecule has 0 N–H and O–H groups in total. The third kappa shape index (κ3) is 2.14. The van der Waals surface area contributed by atoms with Gasteiger partial charge in [0.1, 0.15) is 6.61 Å². The largest absolute Gasteiger partial charge is 0.376 e. The molecule has 0 saturated carbocycles. The lowest BCUT2D eigenvalue weighted by molar-refractivity contribution is 0.0839. The molecule has 78 valence electrons. The van der Waals surface area contributed by atoms with Gasteiger partial charge in [-0.2, -0.15) is 0 Å². The summed E-state index contributed by atoms with van der Waals surface area (Å²) < 4.78 is 9.79. The van der Waals surface area contributed by atoms with Crippen molar-refractivity contribution < 1.29 is 14.1 Å². The molecule has 0 atom stereocenters. The molecule has 15 heavy (non-hydrogen) atoms. The molecule has 0 amide bonds. The zero-order valence-corrected chi connectivity index (χ0v) is 8.91. The molecule has 0 saturated heterocycles. The Morgan fingerprint density at radius 1 is 1.67 bits per heavy atom. The molecule has 0 aromatic carbocycles. The summed E-state index contributed by atoms with van der Waals surface area (Å²) >= 11 is 1.54. The van der Waals surface area contributed by atoms with E-state index in [4.69, 9.17) is 9.26 Å². The fourth-order valence-electron chi connectivity index (χ4n) is 1.15. The SMILES string of the molecule is COCC(=O)c1cc(-c2cccs2)on1. The quantitative estimate of drug-likeness (QED) is 0.746. The Morgan fingerprint density at radius 3 is 3.20 bits per heavy atom. The highest BCUT2D eigenvalue weighted by Crippen LogP contribution is 2.25. The molecule has 0 fully saturated rings. The average molecular weight is 223 g/mol. The fraction of sp³-hybridized carbons (Fsp3) is 0.200. The monoisotopic (exact) mass is 223 g/mol.